The third kappa shape index (κ3) is 5.17. The van der Waals surface area contributed by atoms with E-state index in [9.17, 15) is 0 Å². The quantitative estimate of drug-likeness (QED) is 0.206. The molecule has 0 fully saturated rings. The Morgan fingerprint density at radius 1 is 0.651 bits per heavy atom. The van der Waals surface area contributed by atoms with Gasteiger partial charge in [-0.05, 0) is 48.9 Å². The van der Waals surface area contributed by atoms with Gasteiger partial charge in [-0.3, -0.25) is 4.99 Å². The maximum Gasteiger partial charge on any atom is 0.164 e. The number of rotatable bonds is 5. The molecule has 0 spiro atoms. The molecule has 0 aliphatic rings. The summed E-state index contributed by atoms with van der Waals surface area (Å²) in [6.45, 7) is 5.77. The van der Waals surface area contributed by atoms with Gasteiger partial charge in [-0.15, -0.1) is 5.73 Å². The van der Waals surface area contributed by atoms with Gasteiger partial charge in [0, 0.05) is 49.8 Å². The van der Waals surface area contributed by atoms with E-state index in [1.807, 2.05) is 116 Å². The summed E-state index contributed by atoms with van der Waals surface area (Å²) in [5, 5.41) is 3.91. The van der Waals surface area contributed by atoms with E-state index in [-0.39, 0.29) is 0 Å². The zero-order valence-corrected chi connectivity index (χ0v) is 23.5. The van der Waals surface area contributed by atoms with Crippen molar-refractivity contribution in [3.63, 3.8) is 0 Å². The van der Waals surface area contributed by atoms with Crippen LogP contribution < -0.4 is 10.4 Å². The second-order valence-corrected chi connectivity index (χ2v) is 10.2. The number of aromatic nitrogens is 3. The Morgan fingerprint density at radius 2 is 1.28 bits per heavy atom. The molecule has 204 valence electrons. The standard InChI is InChI=1S/C38H26N4O/c1-3-26-12-10-11-17-31(26)24-39-25(2)29-18-20-32-33-22-30(19-21-34(33)43-35(32)23-29)38-41-36(27-13-6-4-7-14-27)40-37(42-38)28-15-8-5-9-16-28/h4-24H,1H2,2H3/b31-24-,39-25+. The first-order valence-corrected chi connectivity index (χ1v) is 14.0. The highest BCUT2D eigenvalue weighted by Gasteiger charge is 2.15. The number of benzene rings is 5. The van der Waals surface area contributed by atoms with Crippen LogP contribution in [0, 0.1) is 0 Å². The molecule has 2 aromatic heterocycles. The number of furan rings is 1. The Morgan fingerprint density at radius 3 is 1.95 bits per heavy atom. The van der Waals surface area contributed by atoms with E-state index in [2.05, 4.69) is 30.5 Å². The SMILES string of the molecule is C=C=c1cccc/c1=C/N=C(\C)c1ccc2c(c1)oc1ccc(-c3nc(-c4ccccc4)nc(-c4ccccc4)n3)cc12. The van der Waals surface area contributed by atoms with Gasteiger partial charge in [-0.2, -0.15) is 0 Å². The summed E-state index contributed by atoms with van der Waals surface area (Å²) in [6, 6.07) is 40.2. The maximum atomic E-state index is 6.28. The van der Waals surface area contributed by atoms with E-state index in [1.54, 1.807) is 0 Å². The molecule has 5 heteroatoms. The molecule has 7 aromatic rings. The average Bonchev–Trinajstić information content (AvgIpc) is 3.45. The molecule has 0 unspecified atom stereocenters. The largest absolute Gasteiger partial charge is 0.456 e. The summed E-state index contributed by atoms with van der Waals surface area (Å²) in [5.41, 5.74) is 9.19. The van der Waals surface area contributed by atoms with E-state index in [4.69, 9.17) is 24.4 Å². The van der Waals surface area contributed by atoms with Crippen LogP contribution in [0.3, 0.4) is 0 Å². The summed E-state index contributed by atoms with van der Waals surface area (Å²) in [6.07, 6.45) is 1.85. The maximum absolute atomic E-state index is 6.28. The molecule has 0 aliphatic carbocycles. The molecule has 0 bridgehead atoms. The van der Waals surface area contributed by atoms with Gasteiger partial charge < -0.3 is 4.42 Å². The predicted molar refractivity (Wildman–Crippen MR) is 175 cm³/mol. The van der Waals surface area contributed by atoms with Crippen molar-refractivity contribution in [2.24, 2.45) is 4.99 Å². The lowest BCUT2D eigenvalue weighted by molar-refractivity contribution is 0.669. The molecular weight excluding hydrogens is 528 g/mol. The van der Waals surface area contributed by atoms with Crippen molar-refractivity contribution in [2.75, 3.05) is 0 Å². The Balaban J connectivity index is 1.31. The summed E-state index contributed by atoms with van der Waals surface area (Å²) in [5.74, 6) is 1.87. The van der Waals surface area contributed by atoms with E-state index < -0.39 is 0 Å². The topological polar surface area (TPSA) is 64.2 Å². The van der Waals surface area contributed by atoms with Crippen molar-refractivity contribution in [3.8, 4) is 34.2 Å². The zero-order chi connectivity index (χ0) is 29.2. The molecule has 5 nitrogen and oxygen atoms in total. The fourth-order valence-corrected chi connectivity index (χ4v) is 5.09. The third-order valence-corrected chi connectivity index (χ3v) is 7.40. The second kappa shape index (κ2) is 11.2. The molecular formula is C38H26N4O. The molecule has 0 amide bonds. The first-order valence-electron chi connectivity index (χ1n) is 14.0. The Labute approximate surface area is 248 Å². The minimum atomic E-state index is 0.608. The van der Waals surface area contributed by atoms with Gasteiger partial charge in [0.05, 0.1) is 0 Å². The van der Waals surface area contributed by atoms with Gasteiger partial charge in [-0.1, -0.05) is 91.5 Å². The van der Waals surface area contributed by atoms with Crippen LogP contribution in [-0.4, -0.2) is 20.7 Å². The summed E-state index contributed by atoms with van der Waals surface area (Å²) in [4.78, 5) is 19.3. The average molecular weight is 555 g/mol. The minimum Gasteiger partial charge on any atom is -0.456 e. The van der Waals surface area contributed by atoms with E-state index in [0.29, 0.717) is 17.5 Å². The first-order chi connectivity index (χ1) is 21.2. The van der Waals surface area contributed by atoms with Gasteiger partial charge >= 0.3 is 0 Å². The predicted octanol–water partition coefficient (Wildman–Crippen LogP) is 7.58. The fourth-order valence-electron chi connectivity index (χ4n) is 5.09. The molecule has 5 aromatic carbocycles. The van der Waals surface area contributed by atoms with Crippen LogP contribution in [0.25, 0.3) is 68.0 Å². The number of nitrogens with zero attached hydrogens (tertiary/aromatic N) is 4. The third-order valence-electron chi connectivity index (χ3n) is 7.40. The molecule has 0 saturated heterocycles. The van der Waals surface area contributed by atoms with Gasteiger partial charge in [-0.25, -0.2) is 15.0 Å². The Bertz CT molecular complexity index is 2240. The Hall–Kier alpha value is -5.90. The molecule has 0 radical (unpaired) electrons. The van der Waals surface area contributed by atoms with Gasteiger partial charge in [0.15, 0.2) is 17.5 Å². The molecule has 7 rings (SSSR count). The second-order valence-electron chi connectivity index (χ2n) is 10.2. The number of hydrogen-bond acceptors (Lipinski definition) is 5. The van der Waals surface area contributed by atoms with E-state index >= 15 is 0 Å². The normalized spacial score (nSPS) is 12.1. The van der Waals surface area contributed by atoms with Crippen LogP contribution in [-0.2, 0) is 0 Å². The fraction of sp³-hybridized carbons (Fsp3) is 0.0263. The number of hydrogen-bond donors (Lipinski definition) is 0. The zero-order valence-electron chi connectivity index (χ0n) is 23.5. The van der Waals surface area contributed by atoms with Crippen molar-refractivity contribution in [1.29, 1.82) is 0 Å². The van der Waals surface area contributed by atoms with Crippen molar-refractivity contribution >= 4 is 39.6 Å². The lowest BCUT2D eigenvalue weighted by Gasteiger charge is -2.08. The smallest absolute Gasteiger partial charge is 0.164 e. The number of aliphatic imine (C=N–C) groups is 1. The van der Waals surface area contributed by atoms with Crippen molar-refractivity contribution in [1.82, 2.24) is 15.0 Å². The van der Waals surface area contributed by atoms with Gasteiger partial charge in [0.25, 0.3) is 0 Å². The minimum absolute atomic E-state index is 0.608. The molecule has 2 heterocycles. The van der Waals surface area contributed by atoms with Crippen molar-refractivity contribution in [2.45, 2.75) is 6.92 Å². The van der Waals surface area contributed by atoms with Crippen LogP contribution >= 0.6 is 0 Å². The van der Waals surface area contributed by atoms with Gasteiger partial charge in [0.1, 0.15) is 11.2 Å². The van der Waals surface area contributed by atoms with Crippen LogP contribution in [0.2, 0.25) is 0 Å². The van der Waals surface area contributed by atoms with Crippen LogP contribution in [0.4, 0.5) is 0 Å². The molecule has 43 heavy (non-hydrogen) atoms. The molecule has 0 N–H and O–H groups in total. The molecule has 0 aliphatic heterocycles. The van der Waals surface area contributed by atoms with E-state index in [1.165, 1.54) is 0 Å². The van der Waals surface area contributed by atoms with Crippen LogP contribution in [0.5, 0.6) is 0 Å². The van der Waals surface area contributed by atoms with Crippen molar-refractivity contribution < 1.29 is 4.42 Å². The first kappa shape index (κ1) is 26.0. The van der Waals surface area contributed by atoms with Crippen LogP contribution in [0.15, 0.2) is 137 Å². The van der Waals surface area contributed by atoms with Crippen molar-refractivity contribution in [3.05, 3.63) is 144 Å². The lowest BCUT2D eigenvalue weighted by Crippen LogP contribution is -2.22. The summed E-state index contributed by atoms with van der Waals surface area (Å²) in [7, 11) is 0. The molecule has 0 atom stereocenters. The summed E-state index contributed by atoms with van der Waals surface area (Å²) < 4.78 is 6.28. The molecule has 0 saturated carbocycles. The Kier molecular flexibility index (Phi) is 6.76. The highest BCUT2D eigenvalue weighted by molar-refractivity contribution is 6.09. The number of fused-ring (bicyclic) bond motifs is 3. The van der Waals surface area contributed by atoms with Gasteiger partial charge in [0.2, 0.25) is 0 Å². The summed E-state index contributed by atoms with van der Waals surface area (Å²) >= 11 is 0. The van der Waals surface area contributed by atoms with Crippen LogP contribution in [0.1, 0.15) is 12.5 Å². The highest BCUT2D eigenvalue weighted by atomic mass is 16.3. The highest BCUT2D eigenvalue weighted by Crippen LogP contribution is 2.33. The lowest BCUT2D eigenvalue weighted by atomic mass is 10.1. The van der Waals surface area contributed by atoms with E-state index in [0.717, 1.165) is 60.3 Å². The monoisotopic (exact) mass is 554 g/mol.